The second-order valence-electron chi connectivity index (χ2n) is 9.84. The van der Waals surface area contributed by atoms with Gasteiger partial charge in [0.15, 0.2) is 11.5 Å². The Morgan fingerprint density at radius 3 is 2.47 bits per heavy atom. The quantitative estimate of drug-likeness (QED) is 0.182. The van der Waals surface area contributed by atoms with Crippen molar-refractivity contribution in [3.63, 3.8) is 0 Å². The van der Waals surface area contributed by atoms with E-state index in [2.05, 4.69) is 71.9 Å². The minimum absolute atomic E-state index is 0.240. The van der Waals surface area contributed by atoms with Gasteiger partial charge in [-0.1, -0.05) is 66.5 Å². The lowest BCUT2D eigenvalue weighted by atomic mass is 9.95. The lowest BCUT2D eigenvalue weighted by Crippen LogP contribution is -2.29. The summed E-state index contributed by atoms with van der Waals surface area (Å²) in [6, 6.07) is 15.5. The number of fused-ring (bicyclic) bond motifs is 1. The number of hydrogen-bond acceptors (Lipinski definition) is 5. The molecule has 1 aromatic heterocycles. The van der Waals surface area contributed by atoms with Crippen molar-refractivity contribution < 1.29 is 9.47 Å². The average molecular weight is 706 g/mol. The largest absolute Gasteiger partial charge is 0.490 e. The molecule has 0 spiro atoms. The van der Waals surface area contributed by atoms with Crippen LogP contribution >= 0.6 is 47.8 Å². The maximum atomic E-state index is 13.5. The Labute approximate surface area is 247 Å². The van der Waals surface area contributed by atoms with Crippen molar-refractivity contribution in [1.29, 1.82) is 0 Å². The van der Waals surface area contributed by atoms with Gasteiger partial charge in [0.1, 0.15) is 12.4 Å². The van der Waals surface area contributed by atoms with Gasteiger partial charge in [-0.05, 0) is 75.5 Å². The van der Waals surface area contributed by atoms with Crippen LogP contribution in [0.2, 0.25) is 0 Å². The first-order valence-electron chi connectivity index (χ1n) is 12.1. The summed E-state index contributed by atoms with van der Waals surface area (Å²) in [5.41, 5.74) is 2.92. The molecule has 0 radical (unpaired) electrons. The highest BCUT2D eigenvalue weighted by atomic mass is 79.9. The third-order valence-electron chi connectivity index (χ3n) is 5.71. The van der Waals surface area contributed by atoms with Crippen LogP contribution < -0.4 is 15.0 Å². The number of benzene rings is 3. The fourth-order valence-corrected chi connectivity index (χ4v) is 5.21. The molecule has 6 nitrogen and oxygen atoms in total. The second-order valence-corrected chi connectivity index (χ2v) is 12.3. The Morgan fingerprint density at radius 2 is 1.79 bits per heavy atom. The Kier molecular flexibility index (Phi) is 8.79. The van der Waals surface area contributed by atoms with E-state index in [1.165, 1.54) is 10.2 Å². The number of rotatable bonds is 7. The van der Waals surface area contributed by atoms with Gasteiger partial charge in [0.05, 0.1) is 28.2 Å². The highest BCUT2D eigenvalue weighted by Crippen LogP contribution is 2.43. The van der Waals surface area contributed by atoms with Crippen LogP contribution in [0.4, 0.5) is 0 Å². The van der Waals surface area contributed by atoms with Gasteiger partial charge >= 0.3 is 0 Å². The molecule has 0 aliphatic rings. The normalized spacial score (nSPS) is 11.9. The molecule has 198 valence electrons. The SMILES string of the molecule is CCOc1cc(C=Nn2c(C(C)(C)C)nc3ccc(Br)cc3c2=O)c(Br)c(Br)c1OCc1cccc(C)c1. The summed E-state index contributed by atoms with van der Waals surface area (Å²) in [5, 5.41) is 5.10. The average Bonchev–Trinajstić information content (AvgIpc) is 2.85. The van der Waals surface area contributed by atoms with Crippen LogP contribution in [0.25, 0.3) is 10.9 Å². The van der Waals surface area contributed by atoms with E-state index >= 15 is 0 Å². The minimum atomic E-state index is -0.417. The van der Waals surface area contributed by atoms with Crippen molar-refractivity contribution in [1.82, 2.24) is 9.66 Å². The number of halogens is 3. The van der Waals surface area contributed by atoms with Gasteiger partial charge < -0.3 is 9.47 Å². The molecular formula is C29H28Br3N3O3. The number of hydrogen-bond donors (Lipinski definition) is 0. The van der Waals surface area contributed by atoms with Crippen molar-refractivity contribution in [2.75, 3.05) is 6.61 Å². The zero-order chi connectivity index (χ0) is 27.6. The van der Waals surface area contributed by atoms with E-state index in [0.29, 0.717) is 51.5 Å². The summed E-state index contributed by atoms with van der Waals surface area (Å²) < 4.78 is 15.7. The maximum Gasteiger partial charge on any atom is 0.282 e. The third-order valence-corrected chi connectivity index (χ3v) is 8.35. The van der Waals surface area contributed by atoms with E-state index < -0.39 is 5.41 Å². The molecule has 4 aromatic rings. The highest BCUT2D eigenvalue weighted by Gasteiger charge is 2.23. The summed E-state index contributed by atoms with van der Waals surface area (Å²) in [4.78, 5) is 18.3. The smallest absolute Gasteiger partial charge is 0.282 e. The number of ether oxygens (including phenoxy) is 2. The van der Waals surface area contributed by atoms with E-state index in [1.54, 1.807) is 12.3 Å². The summed E-state index contributed by atoms with van der Waals surface area (Å²) in [6.45, 7) is 10.8. The molecule has 3 aromatic carbocycles. The first kappa shape index (κ1) is 28.5. The van der Waals surface area contributed by atoms with Gasteiger partial charge in [-0.2, -0.15) is 9.78 Å². The molecule has 0 unspecified atom stereocenters. The van der Waals surface area contributed by atoms with Gasteiger partial charge in [-0.25, -0.2) is 4.98 Å². The fourth-order valence-electron chi connectivity index (χ4n) is 3.91. The van der Waals surface area contributed by atoms with Crippen molar-refractivity contribution in [3.05, 3.63) is 94.8 Å². The van der Waals surface area contributed by atoms with E-state index in [-0.39, 0.29) is 5.56 Å². The lowest BCUT2D eigenvalue weighted by molar-refractivity contribution is 0.267. The number of aromatic nitrogens is 2. The molecule has 0 atom stereocenters. The first-order valence-corrected chi connectivity index (χ1v) is 14.5. The topological polar surface area (TPSA) is 65.7 Å². The molecule has 0 aliphatic heterocycles. The van der Waals surface area contributed by atoms with Crippen molar-refractivity contribution in [2.24, 2.45) is 5.10 Å². The molecule has 0 aliphatic carbocycles. The number of nitrogens with zero attached hydrogens (tertiary/aromatic N) is 3. The third kappa shape index (κ3) is 6.21. The van der Waals surface area contributed by atoms with E-state index in [0.717, 1.165) is 14.5 Å². The Balaban J connectivity index is 1.78. The zero-order valence-electron chi connectivity index (χ0n) is 21.8. The molecule has 9 heteroatoms. The van der Waals surface area contributed by atoms with Crippen LogP contribution in [0.3, 0.4) is 0 Å². The molecular weight excluding hydrogens is 678 g/mol. The monoisotopic (exact) mass is 703 g/mol. The standard InChI is InChI=1S/C29H28Br3N3O3/c1-6-37-23-13-19(24(31)25(32)26(23)38-16-18-9-7-8-17(2)12-18)15-33-35-27(36)21-14-20(30)10-11-22(21)34-28(35)29(3,4)5/h7-15H,6,16H2,1-5H3. The molecule has 0 fully saturated rings. The zero-order valence-corrected chi connectivity index (χ0v) is 26.6. The molecule has 38 heavy (non-hydrogen) atoms. The summed E-state index contributed by atoms with van der Waals surface area (Å²) in [7, 11) is 0. The summed E-state index contributed by atoms with van der Waals surface area (Å²) in [5.74, 6) is 1.72. The van der Waals surface area contributed by atoms with Crippen molar-refractivity contribution in [3.8, 4) is 11.5 Å². The predicted octanol–water partition coefficient (Wildman–Crippen LogP) is 8.15. The summed E-state index contributed by atoms with van der Waals surface area (Å²) >= 11 is 10.8. The van der Waals surface area contributed by atoms with Crippen LogP contribution in [0.1, 0.15) is 50.2 Å². The second kappa shape index (κ2) is 11.7. The molecule has 0 bridgehead atoms. The van der Waals surface area contributed by atoms with Gasteiger partial charge in [0, 0.05) is 19.9 Å². The molecule has 1 heterocycles. The van der Waals surface area contributed by atoms with Crippen LogP contribution in [0.15, 0.2) is 71.8 Å². The molecule has 0 amide bonds. The Bertz CT molecular complexity index is 1590. The fraction of sp³-hybridized carbons (Fsp3) is 0.276. The lowest BCUT2D eigenvalue weighted by Gasteiger charge is -2.21. The highest BCUT2D eigenvalue weighted by molar-refractivity contribution is 9.13. The molecule has 0 saturated heterocycles. The van der Waals surface area contributed by atoms with E-state index in [9.17, 15) is 4.79 Å². The van der Waals surface area contributed by atoms with E-state index in [1.807, 2.05) is 58.0 Å². The molecule has 0 N–H and O–H groups in total. The van der Waals surface area contributed by atoms with Gasteiger partial charge in [-0.15, -0.1) is 0 Å². The van der Waals surface area contributed by atoms with Crippen LogP contribution in [-0.4, -0.2) is 22.5 Å². The number of aryl methyl sites for hydroxylation is 1. The van der Waals surface area contributed by atoms with E-state index in [4.69, 9.17) is 14.5 Å². The van der Waals surface area contributed by atoms with Crippen molar-refractivity contribution >= 4 is 64.9 Å². The molecule has 0 saturated carbocycles. The Hall–Kier alpha value is -2.49. The van der Waals surface area contributed by atoms with Gasteiger partial charge in [-0.3, -0.25) is 4.79 Å². The van der Waals surface area contributed by atoms with Gasteiger partial charge in [0.25, 0.3) is 5.56 Å². The van der Waals surface area contributed by atoms with Crippen molar-refractivity contribution in [2.45, 2.75) is 46.6 Å². The summed E-state index contributed by atoms with van der Waals surface area (Å²) in [6.07, 6.45) is 1.63. The first-order chi connectivity index (χ1) is 18.0. The minimum Gasteiger partial charge on any atom is -0.490 e. The molecule has 4 rings (SSSR count). The van der Waals surface area contributed by atoms with Crippen LogP contribution in [-0.2, 0) is 12.0 Å². The van der Waals surface area contributed by atoms with Gasteiger partial charge in [0.2, 0.25) is 0 Å². The van der Waals surface area contributed by atoms with Crippen LogP contribution in [0.5, 0.6) is 11.5 Å². The Morgan fingerprint density at radius 1 is 1.03 bits per heavy atom. The van der Waals surface area contributed by atoms with Crippen LogP contribution in [0, 0.1) is 6.92 Å². The maximum absolute atomic E-state index is 13.5. The predicted molar refractivity (Wildman–Crippen MR) is 164 cm³/mol.